The van der Waals surface area contributed by atoms with Crippen molar-refractivity contribution < 1.29 is 9.18 Å². The van der Waals surface area contributed by atoms with E-state index in [1.54, 1.807) is 6.07 Å². The Labute approximate surface area is 125 Å². The third kappa shape index (κ3) is 3.71. The van der Waals surface area contributed by atoms with Gasteiger partial charge in [-0.15, -0.1) is 0 Å². The Morgan fingerprint density at radius 3 is 2.79 bits per heavy atom. The van der Waals surface area contributed by atoms with Crippen molar-refractivity contribution in [2.45, 2.75) is 19.3 Å². The number of nitrogens with two attached hydrogens (primary N) is 1. The molecule has 0 bridgehead atoms. The van der Waals surface area contributed by atoms with Crippen LogP contribution in [0.1, 0.15) is 19.3 Å². The van der Waals surface area contributed by atoms with Crippen molar-refractivity contribution in [1.82, 2.24) is 4.90 Å². The van der Waals surface area contributed by atoms with Gasteiger partial charge in [0.05, 0.1) is 14.9 Å². The Hall–Kier alpha value is -1.05. The number of benzene rings is 1. The molecule has 2 rings (SSSR count). The van der Waals surface area contributed by atoms with Gasteiger partial charge in [0.25, 0.3) is 0 Å². The first kappa shape index (κ1) is 14.4. The zero-order valence-corrected chi connectivity index (χ0v) is 12.7. The number of carbonyl (C=O) groups excluding carboxylic acids is 1. The molecule has 1 aromatic carbocycles. The number of nitrogens with zero attached hydrogens (tertiary/aromatic N) is 1. The van der Waals surface area contributed by atoms with Gasteiger partial charge in [-0.25, -0.2) is 4.39 Å². The summed E-state index contributed by atoms with van der Waals surface area (Å²) in [6, 6.07) is 2.96. The van der Waals surface area contributed by atoms with Crippen LogP contribution in [-0.2, 0) is 4.79 Å². The van der Waals surface area contributed by atoms with E-state index in [1.165, 1.54) is 6.07 Å². The normalized spacial score (nSPS) is 14.7. The molecule has 0 spiro atoms. The smallest absolute Gasteiger partial charge is 0.224 e. The maximum Gasteiger partial charge on any atom is 0.224 e. The van der Waals surface area contributed by atoms with Gasteiger partial charge in [-0.05, 0) is 41.5 Å². The molecule has 104 valence electrons. The Morgan fingerprint density at radius 1 is 1.42 bits per heavy atom. The van der Waals surface area contributed by atoms with Crippen molar-refractivity contribution >= 4 is 39.9 Å². The summed E-state index contributed by atoms with van der Waals surface area (Å²) in [4.78, 5) is 13.7. The molecule has 3 N–H and O–H groups in total. The SMILES string of the molecule is Nc1cc(I)c(F)cc1NCCC(=O)N1CCCC1. The van der Waals surface area contributed by atoms with Crippen LogP contribution >= 0.6 is 22.6 Å². The fourth-order valence-electron chi connectivity index (χ4n) is 2.14. The lowest BCUT2D eigenvalue weighted by atomic mass is 10.2. The molecule has 1 heterocycles. The maximum atomic E-state index is 13.4. The molecule has 0 atom stereocenters. The number of nitrogen functional groups attached to an aromatic ring is 1. The van der Waals surface area contributed by atoms with E-state index in [2.05, 4.69) is 5.32 Å². The second-order valence-corrected chi connectivity index (χ2v) is 5.78. The molecule has 1 amide bonds. The van der Waals surface area contributed by atoms with Gasteiger partial charge in [0.2, 0.25) is 5.91 Å². The van der Waals surface area contributed by atoms with E-state index in [-0.39, 0.29) is 11.7 Å². The second-order valence-electron chi connectivity index (χ2n) is 4.62. The van der Waals surface area contributed by atoms with Gasteiger partial charge in [-0.1, -0.05) is 0 Å². The number of rotatable bonds is 4. The highest BCUT2D eigenvalue weighted by atomic mass is 127. The number of amides is 1. The van der Waals surface area contributed by atoms with Gasteiger partial charge in [-0.3, -0.25) is 4.79 Å². The first-order valence-corrected chi connectivity index (χ1v) is 7.42. The van der Waals surface area contributed by atoms with Crippen LogP contribution in [0.4, 0.5) is 15.8 Å². The van der Waals surface area contributed by atoms with Crippen LogP contribution in [0.5, 0.6) is 0 Å². The first-order chi connectivity index (χ1) is 9.08. The highest BCUT2D eigenvalue weighted by Gasteiger charge is 2.17. The molecule has 0 aliphatic carbocycles. The van der Waals surface area contributed by atoms with Gasteiger partial charge in [0.15, 0.2) is 0 Å². The summed E-state index contributed by atoms with van der Waals surface area (Å²) in [5, 5.41) is 3.02. The summed E-state index contributed by atoms with van der Waals surface area (Å²) in [7, 11) is 0. The lowest BCUT2D eigenvalue weighted by Crippen LogP contribution is -2.29. The van der Waals surface area contributed by atoms with Crippen molar-refractivity contribution in [3.05, 3.63) is 21.5 Å². The minimum absolute atomic E-state index is 0.148. The number of halogens is 2. The predicted octanol–water partition coefficient (Wildman–Crippen LogP) is 2.44. The van der Waals surface area contributed by atoms with E-state index < -0.39 is 0 Å². The molecule has 6 heteroatoms. The van der Waals surface area contributed by atoms with Gasteiger partial charge in [0, 0.05) is 32.1 Å². The average Bonchev–Trinajstić information content (AvgIpc) is 2.89. The number of hydrogen-bond acceptors (Lipinski definition) is 3. The predicted molar refractivity (Wildman–Crippen MR) is 82.5 cm³/mol. The number of likely N-dealkylation sites (tertiary alicyclic amines) is 1. The average molecular weight is 377 g/mol. The van der Waals surface area contributed by atoms with E-state index in [1.807, 2.05) is 27.5 Å². The van der Waals surface area contributed by atoms with Crippen molar-refractivity contribution in [3.8, 4) is 0 Å². The molecule has 4 nitrogen and oxygen atoms in total. The first-order valence-electron chi connectivity index (χ1n) is 6.34. The highest BCUT2D eigenvalue weighted by Crippen LogP contribution is 2.24. The standard InChI is InChI=1S/C13H17FIN3O/c14-9-7-12(11(16)8-10(9)15)17-4-3-13(19)18-5-1-2-6-18/h7-8,17H,1-6,16H2. The monoisotopic (exact) mass is 377 g/mol. The lowest BCUT2D eigenvalue weighted by molar-refractivity contribution is -0.129. The minimum Gasteiger partial charge on any atom is -0.397 e. The van der Waals surface area contributed by atoms with E-state index in [9.17, 15) is 9.18 Å². The summed E-state index contributed by atoms with van der Waals surface area (Å²) in [6.45, 7) is 2.19. The van der Waals surface area contributed by atoms with E-state index in [0.717, 1.165) is 25.9 Å². The molecule has 1 saturated heterocycles. The lowest BCUT2D eigenvalue weighted by Gasteiger charge is -2.16. The minimum atomic E-state index is -0.303. The van der Waals surface area contributed by atoms with Crippen LogP contribution in [0.3, 0.4) is 0 Å². The number of carbonyl (C=O) groups is 1. The van der Waals surface area contributed by atoms with Gasteiger partial charge in [0.1, 0.15) is 5.82 Å². The van der Waals surface area contributed by atoms with Crippen LogP contribution < -0.4 is 11.1 Å². The molecule has 1 fully saturated rings. The van der Waals surface area contributed by atoms with E-state index in [4.69, 9.17) is 5.73 Å². The topological polar surface area (TPSA) is 58.4 Å². The number of anilines is 2. The van der Waals surface area contributed by atoms with E-state index in [0.29, 0.717) is 27.9 Å². The van der Waals surface area contributed by atoms with Gasteiger partial charge in [-0.2, -0.15) is 0 Å². The molecule has 1 aliphatic heterocycles. The second kappa shape index (κ2) is 6.40. The van der Waals surface area contributed by atoms with Crippen molar-refractivity contribution in [1.29, 1.82) is 0 Å². The van der Waals surface area contributed by atoms with Crippen LogP contribution in [0.2, 0.25) is 0 Å². The third-order valence-electron chi connectivity index (χ3n) is 3.21. The molecule has 1 aromatic rings. The Balaban J connectivity index is 1.85. The third-order valence-corrected chi connectivity index (χ3v) is 4.03. The molecule has 0 saturated carbocycles. The number of nitrogens with one attached hydrogen (secondary N) is 1. The fourth-order valence-corrected chi connectivity index (χ4v) is 2.64. The Bertz CT molecular complexity index is 475. The number of hydrogen-bond donors (Lipinski definition) is 2. The Kier molecular flexibility index (Phi) is 4.84. The largest absolute Gasteiger partial charge is 0.397 e. The zero-order chi connectivity index (χ0) is 13.8. The molecule has 0 radical (unpaired) electrons. The fraction of sp³-hybridized carbons (Fsp3) is 0.462. The molecule has 0 aromatic heterocycles. The van der Waals surface area contributed by atoms with Crippen LogP contribution in [0.25, 0.3) is 0 Å². The van der Waals surface area contributed by atoms with Crippen LogP contribution in [-0.4, -0.2) is 30.4 Å². The van der Waals surface area contributed by atoms with Crippen LogP contribution in [0, 0.1) is 9.39 Å². The highest BCUT2D eigenvalue weighted by molar-refractivity contribution is 14.1. The summed E-state index contributed by atoms with van der Waals surface area (Å²) < 4.78 is 13.9. The summed E-state index contributed by atoms with van der Waals surface area (Å²) in [5.74, 6) is -0.155. The van der Waals surface area contributed by atoms with Crippen LogP contribution in [0.15, 0.2) is 12.1 Å². The van der Waals surface area contributed by atoms with Crippen molar-refractivity contribution in [2.75, 3.05) is 30.7 Å². The molecule has 0 unspecified atom stereocenters. The summed E-state index contributed by atoms with van der Waals surface area (Å²) >= 11 is 1.90. The molecular formula is C13H17FIN3O. The Morgan fingerprint density at radius 2 is 2.11 bits per heavy atom. The molecular weight excluding hydrogens is 360 g/mol. The van der Waals surface area contributed by atoms with E-state index >= 15 is 0 Å². The van der Waals surface area contributed by atoms with Crippen molar-refractivity contribution in [3.63, 3.8) is 0 Å². The van der Waals surface area contributed by atoms with Crippen molar-refractivity contribution in [2.24, 2.45) is 0 Å². The maximum absolute atomic E-state index is 13.4. The summed E-state index contributed by atoms with van der Waals surface area (Å²) in [5.41, 5.74) is 6.85. The zero-order valence-electron chi connectivity index (χ0n) is 10.6. The molecule has 19 heavy (non-hydrogen) atoms. The quantitative estimate of drug-likeness (QED) is 0.626. The van der Waals surface area contributed by atoms with Gasteiger partial charge >= 0.3 is 0 Å². The van der Waals surface area contributed by atoms with Gasteiger partial charge < -0.3 is 16.0 Å². The summed E-state index contributed by atoms with van der Waals surface area (Å²) in [6.07, 6.45) is 2.59. The molecule has 1 aliphatic rings.